The van der Waals surface area contributed by atoms with Crippen LogP contribution in [0.15, 0.2) is 18.2 Å². The van der Waals surface area contributed by atoms with Gasteiger partial charge in [-0.25, -0.2) is 0 Å². The summed E-state index contributed by atoms with van der Waals surface area (Å²) in [6, 6.07) is 5.68. The van der Waals surface area contributed by atoms with Crippen molar-refractivity contribution in [2.24, 2.45) is 0 Å². The summed E-state index contributed by atoms with van der Waals surface area (Å²) in [4.78, 5) is 6.32. The van der Waals surface area contributed by atoms with E-state index in [9.17, 15) is 0 Å². The Kier molecular flexibility index (Phi) is 4.21. The summed E-state index contributed by atoms with van der Waals surface area (Å²) in [6.07, 6.45) is 1.89. The maximum atomic E-state index is 5.92. The number of aromatic nitrogens is 2. The molecule has 0 unspecified atom stereocenters. The van der Waals surface area contributed by atoms with Gasteiger partial charge in [0.1, 0.15) is 5.82 Å². The van der Waals surface area contributed by atoms with Crippen LogP contribution in [0.1, 0.15) is 19.2 Å². The van der Waals surface area contributed by atoms with Crippen LogP contribution in [0.2, 0.25) is 0 Å². The summed E-state index contributed by atoms with van der Waals surface area (Å²) >= 11 is 1.25. The molecule has 2 N–H and O–H groups in total. The molecule has 0 saturated heterocycles. The van der Waals surface area contributed by atoms with Gasteiger partial charge < -0.3 is 15.4 Å². The zero-order valence-electron chi connectivity index (χ0n) is 11.4. The fourth-order valence-corrected chi connectivity index (χ4v) is 2.18. The Hall–Kier alpha value is -1.82. The van der Waals surface area contributed by atoms with Crippen molar-refractivity contribution in [1.29, 1.82) is 0 Å². The van der Waals surface area contributed by atoms with Gasteiger partial charge in [-0.3, -0.25) is 0 Å². The third-order valence-electron chi connectivity index (χ3n) is 2.63. The minimum atomic E-state index is 0.533. The molecule has 0 saturated carbocycles. The van der Waals surface area contributed by atoms with Gasteiger partial charge in [0.05, 0.1) is 5.69 Å². The summed E-state index contributed by atoms with van der Waals surface area (Å²) in [6.45, 7) is 2.10. The van der Waals surface area contributed by atoms with Gasteiger partial charge in [-0.2, -0.15) is 9.36 Å². The summed E-state index contributed by atoms with van der Waals surface area (Å²) in [5.41, 5.74) is 7.54. The first kappa shape index (κ1) is 13.6. The highest BCUT2D eigenvalue weighted by Gasteiger charge is 2.09. The van der Waals surface area contributed by atoms with Gasteiger partial charge in [0.2, 0.25) is 0 Å². The van der Waals surface area contributed by atoms with Gasteiger partial charge in [-0.15, -0.1) is 0 Å². The van der Waals surface area contributed by atoms with E-state index in [0.717, 1.165) is 24.4 Å². The Labute approximate surface area is 117 Å². The molecule has 2 rings (SSSR count). The molecule has 0 amide bonds. The van der Waals surface area contributed by atoms with Crippen molar-refractivity contribution in [3.63, 3.8) is 0 Å². The number of nitrogen functional groups attached to an aromatic ring is 1. The number of hydrogen-bond donors (Lipinski definition) is 1. The molecule has 0 aliphatic rings. The number of nitrogens with zero attached hydrogens (tertiary/aromatic N) is 3. The smallest absolute Gasteiger partial charge is 0.298 e. The predicted octanol–water partition coefficient (Wildman–Crippen LogP) is 2.93. The number of anilines is 2. The van der Waals surface area contributed by atoms with Crippen molar-refractivity contribution in [2.45, 2.75) is 19.8 Å². The van der Waals surface area contributed by atoms with E-state index in [1.54, 1.807) is 0 Å². The molecule has 0 aliphatic heterocycles. The fourth-order valence-electron chi connectivity index (χ4n) is 1.59. The third kappa shape index (κ3) is 3.35. The molecule has 0 atom stereocenters. The van der Waals surface area contributed by atoms with Crippen LogP contribution in [-0.2, 0) is 6.42 Å². The highest BCUT2D eigenvalue weighted by Crippen LogP contribution is 2.31. The first-order chi connectivity index (χ1) is 9.10. The maximum Gasteiger partial charge on any atom is 0.298 e. The topological polar surface area (TPSA) is 64.3 Å². The second kappa shape index (κ2) is 5.88. The maximum absolute atomic E-state index is 5.92. The minimum Gasteiger partial charge on any atom is -0.428 e. The number of benzene rings is 1. The van der Waals surface area contributed by atoms with E-state index in [2.05, 4.69) is 16.3 Å². The zero-order chi connectivity index (χ0) is 13.8. The predicted molar refractivity (Wildman–Crippen MR) is 79.2 cm³/mol. The molecule has 2 aromatic rings. The van der Waals surface area contributed by atoms with Gasteiger partial charge >= 0.3 is 0 Å². The van der Waals surface area contributed by atoms with E-state index in [0.29, 0.717) is 16.6 Å². The van der Waals surface area contributed by atoms with Crippen molar-refractivity contribution in [1.82, 2.24) is 9.36 Å². The monoisotopic (exact) mass is 278 g/mol. The lowest BCUT2D eigenvalue weighted by Crippen LogP contribution is -2.08. The highest BCUT2D eigenvalue weighted by molar-refractivity contribution is 7.07. The lowest BCUT2D eigenvalue weighted by Gasteiger charge is -2.14. The molecule has 6 heteroatoms. The molecule has 19 heavy (non-hydrogen) atoms. The number of rotatable bonds is 5. The van der Waals surface area contributed by atoms with Crippen molar-refractivity contribution in [3.8, 4) is 10.9 Å². The first-order valence-corrected chi connectivity index (χ1v) is 6.94. The van der Waals surface area contributed by atoms with Crippen LogP contribution in [0.4, 0.5) is 11.4 Å². The Morgan fingerprint density at radius 3 is 2.84 bits per heavy atom. The Bertz CT molecular complexity index is 553. The van der Waals surface area contributed by atoms with Crippen molar-refractivity contribution < 1.29 is 4.74 Å². The van der Waals surface area contributed by atoms with E-state index >= 15 is 0 Å². The van der Waals surface area contributed by atoms with E-state index in [4.69, 9.17) is 10.5 Å². The van der Waals surface area contributed by atoms with Crippen LogP contribution in [-0.4, -0.2) is 23.5 Å². The molecule has 1 aromatic carbocycles. The minimum absolute atomic E-state index is 0.533. The molecule has 0 radical (unpaired) electrons. The highest BCUT2D eigenvalue weighted by atomic mass is 32.1. The molecule has 0 aliphatic carbocycles. The quantitative estimate of drug-likeness (QED) is 0.852. The van der Waals surface area contributed by atoms with Crippen LogP contribution in [0.5, 0.6) is 10.9 Å². The number of aryl methyl sites for hydroxylation is 1. The molecule has 0 fully saturated rings. The average Bonchev–Trinajstić information content (AvgIpc) is 2.80. The van der Waals surface area contributed by atoms with Crippen molar-refractivity contribution >= 4 is 22.9 Å². The second-order valence-electron chi connectivity index (χ2n) is 4.45. The molecule has 0 spiro atoms. The van der Waals surface area contributed by atoms with Crippen LogP contribution in [0, 0.1) is 0 Å². The lowest BCUT2D eigenvalue weighted by molar-refractivity contribution is 0.479. The van der Waals surface area contributed by atoms with Gasteiger partial charge in [-0.05, 0) is 18.6 Å². The normalized spacial score (nSPS) is 10.5. The van der Waals surface area contributed by atoms with Gasteiger partial charge in [0, 0.05) is 43.8 Å². The van der Waals surface area contributed by atoms with E-state index < -0.39 is 0 Å². The zero-order valence-corrected chi connectivity index (χ0v) is 12.2. The van der Waals surface area contributed by atoms with Gasteiger partial charge in [0.15, 0.2) is 5.75 Å². The van der Waals surface area contributed by atoms with Crippen molar-refractivity contribution in [2.75, 3.05) is 24.7 Å². The van der Waals surface area contributed by atoms with Crippen LogP contribution in [0.25, 0.3) is 0 Å². The van der Waals surface area contributed by atoms with E-state index in [1.807, 2.05) is 37.2 Å². The standard InChI is InChI=1S/C13H18N4OS/c1-4-5-12-15-13(19-16-12)18-11-8-9(17(2)3)6-7-10(11)14/h6-8H,4-5,14H2,1-3H3. The molecule has 1 aromatic heterocycles. The Morgan fingerprint density at radius 2 is 2.16 bits per heavy atom. The Balaban J connectivity index is 2.19. The largest absolute Gasteiger partial charge is 0.428 e. The average molecular weight is 278 g/mol. The van der Waals surface area contributed by atoms with Gasteiger partial charge in [-0.1, -0.05) is 6.92 Å². The Morgan fingerprint density at radius 1 is 1.37 bits per heavy atom. The fraction of sp³-hybridized carbons (Fsp3) is 0.385. The van der Waals surface area contributed by atoms with Crippen LogP contribution < -0.4 is 15.4 Å². The molecule has 0 bridgehead atoms. The van der Waals surface area contributed by atoms with Crippen LogP contribution >= 0.6 is 11.5 Å². The molecule has 1 heterocycles. The SMILES string of the molecule is CCCc1nsc(Oc2cc(N(C)C)ccc2N)n1. The number of hydrogen-bond acceptors (Lipinski definition) is 6. The molecule has 102 valence electrons. The number of nitrogens with two attached hydrogens (primary N) is 1. The second-order valence-corrected chi connectivity index (χ2v) is 5.16. The third-order valence-corrected chi connectivity index (χ3v) is 3.27. The molecular weight excluding hydrogens is 260 g/mol. The van der Waals surface area contributed by atoms with Crippen molar-refractivity contribution in [3.05, 3.63) is 24.0 Å². The summed E-state index contributed by atoms with van der Waals surface area (Å²) < 4.78 is 9.96. The van der Waals surface area contributed by atoms with E-state index in [1.165, 1.54) is 11.5 Å². The summed E-state index contributed by atoms with van der Waals surface area (Å²) in [5, 5.41) is 0.533. The van der Waals surface area contributed by atoms with E-state index in [-0.39, 0.29) is 0 Å². The van der Waals surface area contributed by atoms with Gasteiger partial charge in [0.25, 0.3) is 5.19 Å². The summed E-state index contributed by atoms with van der Waals surface area (Å²) in [7, 11) is 3.94. The number of ether oxygens (including phenoxy) is 1. The van der Waals surface area contributed by atoms with Crippen LogP contribution in [0.3, 0.4) is 0 Å². The summed E-state index contributed by atoms with van der Waals surface area (Å²) in [5.74, 6) is 1.44. The first-order valence-electron chi connectivity index (χ1n) is 6.17. The lowest BCUT2D eigenvalue weighted by atomic mass is 10.2. The molecular formula is C13H18N4OS. The molecule has 5 nitrogen and oxygen atoms in total.